The maximum atomic E-state index is 13.7. The molecule has 0 bridgehead atoms. The molecule has 3 aromatic rings. The van der Waals surface area contributed by atoms with Gasteiger partial charge in [-0.05, 0) is 49.8 Å². The Balaban J connectivity index is 1.91. The first-order valence-electron chi connectivity index (χ1n) is 16.1. The van der Waals surface area contributed by atoms with E-state index in [-0.39, 0.29) is 25.4 Å². The zero-order chi connectivity index (χ0) is 35.3. The Morgan fingerprint density at radius 1 is 0.792 bits per heavy atom. The van der Waals surface area contributed by atoms with Crippen LogP contribution in [-0.4, -0.2) is 70.4 Å². The van der Waals surface area contributed by atoms with E-state index in [0.29, 0.717) is 0 Å². The number of hydrogen-bond donors (Lipinski definition) is 4. The number of hydrogen-bond acceptors (Lipinski definition) is 7. The van der Waals surface area contributed by atoms with Gasteiger partial charge in [0.15, 0.2) is 0 Å². The van der Waals surface area contributed by atoms with Crippen LogP contribution in [0.5, 0.6) is 0 Å². The summed E-state index contributed by atoms with van der Waals surface area (Å²) in [6.45, 7) is 8.24. The van der Waals surface area contributed by atoms with Crippen molar-refractivity contribution < 1.29 is 33.8 Å². The monoisotopic (exact) mass is 660 g/mol. The molecule has 0 heterocycles. The molecule has 0 aliphatic heterocycles. The molecule has 3 aromatic carbocycles. The summed E-state index contributed by atoms with van der Waals surface area (Å²) < 4.78 is 11.0. The number of ether oxygens (including phenoxy) is 2. The number of carbonyl (C=O) groups excluding carboxylic acids is 4. The molecule has 0 aliphatic carbocycles. The van der Waals surface area contributed by atoms with Gasteiger partial charge < -0.3 is 30.9 Å². The van der Waals surface area contributed by atoms with E-state index in [2.05, 4.69) is 10.6 Å². The van der Waals surface area contributed by atoms with Crippen molar-refractivity contribution in [1.29, 1.82) is 0 Å². The van der Waals surface area contributed by atoms with Gasteiger partial charge in [-0.3, -0.25) is 14.5 Å². The lowest BCUT2D eigenvalue weighted by molar-refractivity contribution is -0.127. The molecule has 11 heteroatoms. The average Bonchev–Trinajstić information content (AvgIpc) is 3.04. The Labute approximate surface area is 282 Å². The Kier molecular flexibility index (Phi) is 14.0. The molecule has 4 amide bonds. The van der Waals surface area contributed by atoms with Gasteiger partial charge in [0.2, 0.25) is 11.8 Å². The number of nitrogens with two attached hydrogens (primary N) is 1. The molecule has 0 radical (unpaired) electrons. The number of aliphatic hydroxyl groups excluding tert-OH is 1. The SMILES string of the molecule is CC(C)[C@H](NC(=O)OC(C)(C)C)C(=O)N[C@@H](Cc1ccccc1)[C@@H](O)CN(C(=O)OCc1ccccc1)[C@H](Cc1ccccc1)C(N)=O. The fraction of sp³-hybridized carbons (Fsp3) is 0.405. The highest BCUT2D eigenvalue weighted by Gasteiger charge is 2.36. The normalized spacial score (nSPS) is 13.8. The maximum absolute atomic E-state index is 13.7. The summed E-state index contributed by atoms with van der Waals surface area (Å²) in [6, 6.07) is 24.2. The molecule has 0 unspecified atom stereocenters. The van der Waals surface area contributed by atoms with Gasteiger partial charge in [0.25, 0.3) is 0 Å². The van der Waals surface area contributed by atoms with Gasteiger partial charge in [-0.15, -0.1) is 0 Å². The van der Waals surface area contributed by atoms with E-state index in [1.807, 2.05) is 78.9 Å². The Morgan fingerprint density at radius 2 is 1.29 bits per heavy atom. The van der Waals surface area contributed by atoms with Crippen LogP contribution in [0.15, 0.2) is 91.0 Å². The zero-order valence-electron chi connectivity index (χ0n) is 28.3. The predicted octanol–water partition coefficient (Wildman–Crippen LogP) is 4.36. The summed E-state index contributed by atoms with van der Waals surface area (Å²) >= 11 is 0. The molecule has 0 aliphatic rings. The second-order valence-electron chi connectivity index (χ2n) is 13.0. The van der Waals surface area contributed by atoms with Crippen LogP contribution < -0.4 is 16.4 Å². The molecule has 0 saturated carbocycles. The van der Waals surface area contributed by atoms with E-state index in [9.17, 15) is 24.3 Å². The minimum Gasteiger partial charge on any atom is -0.445 e. The van der Waals surface area contributed by atoms with Crippen molar-refractivity contribution in [2.45, 2.75) is 83.9 Å². The first-order valence-corrected chi connectivity index (χ1v) is 16.1. The van der Waals surface area contributed by atoms with Crippen molar-refractivity contribution in [2.75, 3.05) is 6.54 Å². The van der Waals surface area contributed by atoms with E-state index in [1.54, 1.807) is 46.8 Å². The third kappa shape index (κ3) is 12.4. The van der Waals surface area contributed by atoms with Gasteiger partial charge in [-0.1, -0.05) is 105 Å². The van der Waals surface area contributed by atoms with Crippen LogP contribution in [0.4, 0.5) is 9.59 Å². The van der Waals surface area contributed by atoms with Crippen LogP contribution in [-0.2, 0) is 38.5 Å². The van der Waals surface area contributed by atoms with Crippen molar-refractivity contribution in [3.63, 3.8) is 0 Å². The van der Waals surface area contributed by atoms with Crippen LogP contribution in [0.1, 0.15) is 51.3 Å². The van der Waals surface area contributed by atoms with Gasteiger partial charge in [-0.2, -0.15) is 0 Å². The fourth-order valence-corrected chi connectivity index (χ4v) is 5.06. The van der Waals surface area contributed by atoms with Crippen molar-refractivity contribution in [2.24, 2.45) is 11.7 Å². The van der Waals surface area contributed by atoms with E-state index >= 15 is 0 Å². The Morgan fingerprint density at radius 3 is 1.77 bits per heavy atom. The maximum Gasteiger partial charge on any atom is 0.410 e. The van der Waals surface area contributed by atoms with Crippen LogP contribution in [0, 0.1) is 5.92 Å². The molecule has 0 spiro atoms. The summed E-state index contributed by atoms with van der Waals surface area (Å²) in [6.07, 6.45) is -2.74. The zero-order valence-corrected chi connectivity index (χ0v) is 28.3. The number of alkyl carbamates (subject to hydrolysis) is 1. The van der Waals surface area contributed by atoms with Crippen LogP contribution in [0.2, 0.25) is 0 Å². The Hall–Kier alpha value is -4.90. The van der Waals surface area contributed by atoms with Crippen molar-refractivity contribution in [3.8, 4) is 0 Å². The van der Waals surface area contributed by atoms with Crippen molar-refractivity contribution in [3.05, 3.63) is 108 Å². The molecular formula is C37H48N4O7. The number of nitrogens with zero attached hydrogens (tertiary/aromatic N) is 1. The van der Waals surface area contributed by atoms with Crippen LogP contribution in [0.3, 0.4) is 0 Å². The lowest BCUT2D eigenvalue weighted by Gasteiger charge is -2.34. The number of rotatable bonds is 15. The first-order chi connectivity index (χ1) is 22.7. The highest BCUT2D eigenvalue weighted by Crippen LogP contribution is 2.17. The number of amides is 4. The molecule has 3 rings (SSSR count). The summed E-state index contributed by atoms with van der Waals surface area (Å²) in [5, 5.41) is 17.3. The Bertz CT molecular complexity index is 1460. The molecule has 0 aromatic heterocycles. The van der Waals surface area contributed by atoms with Gasteiger partial charge in [0.05, 0.1) is 18.7 Å². The number of nitrogens with one attached hydrogen (secondary N) is 2. The highest BCUT2D eigenvalue weighted by molar-refractivity contribution is 5.86. The summed E-state index contributed by atoms with van der Waals surface area (Å²) in [4.78, 5) is 53.9. The quantitative estimate of drug-likeness (QED) is 0.188. The number of carbonyl (C=O) groups is 4. The van der Waals surface area contributed by atoms with Gasteiger partial charge >= 0.3 is 12.2 Å². The molecule has 48 heavy (non-hydrogen) atoms. The minimum atomic E-state index is -1.38. The second-order valence-corrected chi connectivity index (χ2v) is 13.0. The number of primary amides is 1. The lowest BCUT2D eigenvalue weighted by atomic mass is 9.97. The predicted molar refractivity (Wildman–Crippen MR) is 183 cm³/mol. The van der Waals surface area contributed by atoms with E-state index < -0.39 is 60.4 Å². The third-order valence-electron chi connectivity index (χ3n) is 7.51. The molecule has 11 nitrogen and oxygen atoms in total. The smallest absolute Gasteiger partial charge is 0.410 e. The number of benzene rings is 3. The van der Waals surface area contributed by atoms with Crippen molar-refractivity contribution in [1.82, 2.24) is 15.5 Å². The number of aliphatic hydroxyl groups is 1. The van der Waals surface area contributed by atoms with E-state index in [0.717, 1.165) is 21.6 Å². The van der Waals surface area contributed by atoms with Crippen molar-refractivity contribution >= 4 is 24.0 Å². The standard InChI is InChI=1S/C37H48N4O7/c1-25(2)32(40-35(45)48-37(3,4)5)34(44)39-29(21-26-15-9-6-10-16-26)31(42)23-41(36(46)47-24-28-19-13-8-14-20-28)30(33(38)43)22-27-17-11-7-12-18-27/h6-20,25,29-32,42H,21-24H2,1-5H3,(H2,38,43)(H,39,44)(H,40,45)/t29-,30+,31-,32-/m0/s1. The molecule has 0 saturated heterocycles. The van der Waals surface area contributed by atoms with E-state index in [1.165, 1.54) is 0 Å². The third-order valence-corrected chi connectivity index (χ3v) is 7.51. The summed E-state index contributed by atoms with van der Waals surface area (Å²) in [5.74, 6) is -1.67. The second kappa shape index (κ2) is 17.9. The van der Waals surface area contributed by atoms with Crippen LogP contribution >= 0.6 is 0 Å². The van der Waals surface area contributed by atoms with Gasteiger partial charge in [0, 0.05) is 6.42 Å². The lowest BCUT2D eigenvalue weighted by Crippen LogP contribution is -2.59. The molecule has 258 valence electrons. The molecule has 4 atom stereocenters. The topological polar surface area (TPSA) is 160 Å². The first kappa shape index (κ1) is 37.6. The molecule has 5 N–H and O–H groups in total. The van der Waals surface area contributed by atoms with Gasteiger partial charge in [-0.25, -0.2) is 9.59 Å². The largest absolute Gasteiger partial charge is 0.445 e. The summed E-state index contributed by atoms with van der Waals surface area (Å²) in [7, 11) is 0. The average molecular weight is 661 g/mol. The molecular weight excluding hydrogens is 612 g/mol. The fourth-order valence-electron chi connectivity index (χ4n) is 5.06. The molecule has 0 fully saturated rings. The van der Waals surface area contributed by atoms with Crippen LogP contribution in [0.25, 0.3) is 0 Å². The minimum absolute atomic E-state index is 0.0698. The van der Waals surface area contributed by atoms with Gasteiger partial charge in [0.1, 0.15) is 24.3 Å². The summed E-state index contributed by atoms with van der Waals surface area (Å²) in [5.41, 5.74) is 7.37. The van der Waals surface area contributed by atoms with E-state index in [4.69, 9.17) is 15.2 Å². The highest BCUT2D eigenvalue weighted by atomic mass is 16.6.